The summed E-state index contributed by atoms with van der Waals surface area (Å²) in [7, 11) is 0. The smallest absolute Gasteiger partial charge is 0.377 e. The quantitative estimate of drug-likeness (QED) is 0.764. The lowest BCUT2D eigenvalue weighted by Gasteiger charge is -2.13. The number of esters is 1. The van der Waals surface area contributed by atoms with Crippen LogP contribution < -0.4 is 0 Å². The summed E-state index contributed by atoms with van der Waals surface area (Å²) in [5, 5.41) is 3.98. The molecule has 2 aromatic rings. The van der Waals surface area contributed by atoms with Crippen molar-refractivity contribution in [2.45, 2.75) is 26.7 Å². The fraction of sp³-hybridized carbons (Fsp3) is 0.385. The molecule has 98 valence electrons. The Hall–Kier alpha value is -2.24. The molecule has 0 spiro atoms. The molecule has 6 nitrogen and oxygen atoms in total. The summed E-state index contributed by atoms with van der Waals surface area (Å²) in [4.78, 5) is 20.3. The molecule has 2 aromatic heterocycles. The van der Waals surface area contributed by atoms with Crippen LogP contribution in [-0.4, -0.2) is 27.7 Å². The highest BCUT2D eigenvalue weighted by molar-refractivity contribution is 5.90. The number of aryl methyl sites for hydroxylation is 2. The SMILES string of the molecule is CCOC(=O)c1onc2c1CCc1cnc(C)nc1-2. The van der Waals surface area contributed by atoms with Gasteiger partial charge in [0.05, 0.1) is 12.3 Å². The second-order valence-electron chi connectivity index (χ2n) is 4.35. The molecule has 6 heteroatoms. The summed E-state index contributed by atoms with van der Waals surface area (Å²) < 4.78 is 10.1. The summed E-state index contributed by atoms with van der Waals surface area (Å²) in [5.41, 5.74) is 3.20. The minimum atomic E-state index is -0.467. The van der Waals surface area contributed by atoms with Crippen molar-refractivity contribution in [1.29, 1.82) is 0 Å². The molecule has 1 aliphatic carbocycles. The first-order chi connectivity index (χ1) is 9.20. The maximum absolute atomic E-state index is 11.8. The molecule has 0 bridgehead atoms. The van der Waals surface area contributed by atoms with E-state index in [9.17, 15) is 4.79 Å². The van der Waals surface area contributed by atoms with Crippen LogP contribution >= 0.6 is 0 Å². The molecule has 0 fully saturated rings. The van der Waals surface area contributed by atoms with Crippen LogP contribution in [0.5, 0.6) is 0 Å². The molecule has 0 saturated heterocycles. The second-order valence-corrected chi connectivity index (χ2v) is 4.35. The lowest BCUT2D eigenvalue weighted by Crippen LogP contribution is -2.11. The zero-order chi connectivity index (χ0) is 13.4. The summed E-state index contributed by atoms with van der Waals surface area (Å²) in [5.74, 6) is 0.400. The highest BCUT2D eigenvalue weighted by atomic mass is 16.6. The van der Waals surface area contributed by atoms with E-state index in [2.05, 4.69) is 15.1 Å². The molecule has 3 rings (SSSR count). The highest BCUT2D eigenvalue weighted by Gasteiger charge is 2.29. The van der Waals surface area contributed by atoms with E-state index in [1.54, 1.807) is 13.1 Å². The average Bonchev–Trinajstić information content (AvgIpc) is 2.83. The largest absolute Gasteiger partial charge is 0.460 e. The minimum absolute atomic E-state index is 0.193. The number of aromatic nitrogens is 3. The van der Waals surface area contributed by atoms with Crippen LogP contribution in [0.4, 0.5) is 0 Å². The molecule has 0 saturated carbocycles. The Balaban J connectivity index is 2.09. The van der Waals surface area contributed by atoms with Gasteiger partial charge in [0.2, 0.25) is 5.76 Å². The van der Waals surface area contributed by atoms with E-state index in [0.29, 0.717) is 24.5 Å². The van der Waals surface area contributed by atoms with Crippen LogP contribution in [0.15, 0.2) is 10.7 Å². The first kappa shape index (κ1) is 11.8. The molecule has 19 heavy (non-hydrogen) atoms. The third kappa shape index (κ3) is 1.89. The number of fused-ring (bicyclic) bond motifs is 3. The van der Waals surface area contributed by atoms with Crippen LogP contribution in [0.25, 0.3) is 11.4 Å². The molecular weight excluding hydrogens is 246 g/mol. The summed E-state index contributed by atoms with van der Waals surface area (Å²) in [6, 6.07) is 0. The standard InChI is InChI=1S/C13H13N3O3/c1-3-18-13(17)12-9-5-4-8-6-14-7(2)15-10(8)11(9)16-19-12/h6H,3-5H2,1-2H3. The summed E-state index contributed by atoms with van der Waals surface area (Å²) in [6.45, 7) is 3.89. The number of carbonyl (C=O) groups is 1. The van der Waals surface area contributed by atoms with Crippen LogP contribution in [0.3, 0.4) is 0 Å². The van der Waals surface area contributed by atoms with Crippen LogP contribution in [0.1, 0.15) is 34.4 Å². The molecule has 0 N–H and O–H groups in total. The zero-order valence-electron chi connectivity index (χ0n) is 10.8. The molecule has 0 atom stereocenters. The van der Waals surface area contributed by atoms with Crippen molar-refractivity contribution in [3.63, 3.8) is 0 Å². The van der Waals surface area contributed by atoms with Gasteiger partial charge in [0, 0.05) is 11.8 Å². The monoisotopic (exact) mass is 259 g/mol. The van der Waals surface area contributed by atoms with E-state index in [-0.39, 0.29) is 5.76 Å². The van der Waals surface area contributed by atoms with Gasteiger partial charge in [-0.1, -0.05) is 5.16 Å². The maximum Gasteiger partial charge on any atom is 0.377 e. The van der Waals surface area contributed by atoms with Gasteiger partial charge < -0.3 is 9.26 Å². The first-order valence-electron chi connectivity index (χ1n) is 6.19. The van der Waals surface area contributed by atoms with E-state index in [0.717, 1.165) is 23.2 Å². The van der Waals surface area contributed by atoms with E-state index < -0.39 is 5.97 Å². The Labute approximate surface area is 109 Å². The summed E-state index contributed by atoms with van der Waals surface area (Å²) in [6.07, 6.45) is 3.27. The van der Waals surface area contributed by atoms with Gasteiger partial charge in [-0.2, -0.15) is 0 Å². The van der Waals surface area contributed by atoms with Crippen LogP contribution in [0.2, 0.25) is 0 Å². The Kier molecular flexibility index (Phi) is 2.77. The third-order valence-electron chi connectivity index (χ3n) is 3.10. The van der Waals surface area contributed by atoms with Gasteiger partial charge in [0.1, 0.15) is 11.5 Å². The van der Waals surface area contributed by atoms with E-state index >= 15 is 0 Å². The highest BCUT2D eigenvalue weighted by Crippen LogP contribution is 2.33. The Morgan fingerprint density at radius 1 is 1.42 bits per heavy atom. The Bertz CT molecular complexity index is 649. The predicted molar refractivity (Wildman–Crippen MR) is 65.6 cm³/mol. The normalized spacial score (nSPS) is 12.7. The number of ether oxygens (including phenoxy) is 1. The van der Waals surface area contributed by atoms with Crippen molar-refractivity contribution in [3.8, 4) is 11.4 Å². The van der Waals surface area contributed by atoms with Gasteiger partial charge in [-0.3, -0.25) is 0 Å². The molecule has 0 aliphatic heterocycles. The number of hydrogen-bond donors (Lipinski definition) is 0. The molecule has 2 heterocycles. The second kappa shape index (κ2) is 4.46. The fourth-order valence-electron chi connectivity index (χ4n) is 2.23. The van der Waals surface area contributed by atoms with Gasteiger partial charge in [-0.05, 0) is 32.3 Å². The molecule has 0 aromatic carbocycles. The summed E-state index contributed by atoms with van der Waals surface area (Å²) >= 11 is 0. The lowest BCUT2D eigenvalue weighted by molar-refractivity contribution is 0.0478. The number of rotatable bonds is 2. The van der Waals surface area contributed by atoms with E-state index in [1.807, 2.05) is 6.92 Å². The number of nitrogens with zero attached hydrogens (tertiary/aromatic N) is 3. The number of hydrogen-bond acceptors (Lipinski definition) is 6. The first-order valence-corrected chi connectivity index (χ1v) is 6.19. The van der Waals surface area contributed by atoms with E-state index in [1.165, 1.54) is 0 Å². The molecule has 0 radical (unpaired) electrons. The maximum atomic E-state index is 11.8. The fourth-order valence-corrected chi connectivity index (χ4v) is 2.23. The minimum Gasteiger partial charge on any atom is -0.460 e. The van der Waals surface area contributed by atoms with Gasteiger partial charge in [-0.25, -0.2) is 14.8 Å². The average molecular weight is 259 g/mol. The van der Waals surface area contributed by atoms with Gasteiger partial charge in [0.15, 0.2) is 0 Å². The van der Waals surface area contributed by atoms with Crippen molar-refractivity contribution in [3.05, 3.63) is 28.9 Å². The van der Waals surface area contributed by atoms with Gasteiger partial charge in [-0.15, -0.1) is 0 Å². The molecule has 0 amide bonds. The van der Waals surface area contributed by atoms with Crippen molar-refractivity contribution in [2.24, 2.45) is 0 Å². The lowest BCUT2D eigenvalue weighted by atomic mass is 9.93. The van der Waals surface area contributed by atoms with Crippen molar-refractivity contribution in [1.82, 2.24) is 15.1 Å². The Morgan fingerprint density at radius 2 is 2.26 bits per heavy atom. The molecular formula is C13H13N3O3. The van der Waals surface area contributed by atoms with Crippen molar-refractivity contribution < 1.29 is 14.1 Å². The molecule has 1 aliphatic rings. The van der Waals surface area contributed by atoms with Crippen LogP contribution in [-0.2, 0) is 17.6 Å². The predicted octanol–water partition coefficient (Wildman–Crippen LogP) is 1.72. The Morgan fingerprint density at radius 3 is 3.05 bits per heavy atom. The topological polar surface area (TPSA) is 78.1 Å². The zero-order valence-corrected chi connectivity index (χ0v) is 10.8. The van der Waals surface area contributed by atoms with Gasteiger partial charge in [0.25, 0.3) is 0 Å². The van der Waals surface area contributed by atoms with Crippen LogP contribution in [0, 0.1) is 6.92 Å². The number of carbonyl (C=O) groups excluding carboxylic acids is 1. The van der Waals surface area contributed by atoms with Gasteiger partial charge >= 0.3 is 5.97 Å². The molecule has 0 unspecified atom stereocenters. The third-order valence-corrected chi connectivity index (χ3v) is 3.10. The van der Waals surface area contributed by atoms with Crippen molar-refractivity contribution in [2.75, 3.05) is 6.61 Å². The van der Waals surface area contributed by atoms with E-state index in [4.69, 9.17) is 9.26 Å². The van der Waals surface area contributed by atoms with Crippen molar-refractivity contribution >= 4 is 5.97 Å².